The summed E-state index contributed by atoms with van der Waals surface area (Å²) in [5, 5.41) is 13.6. The van der Waals surface area contributed by atoms with Gasteiger partial charge in [-0.05, 0) is 44.7 Å². The number of rotatable bonds is 29. The van der Waals surface area contributed by atoms with Crippen molar-refractivity contribution in [1.82, 2.24) is 29.5 Å². The molecule has 4 heterocycles. The van der Waals surface area contributed by atoms with E-state index in [0.29, 0.717) is 96.4 Å². The highest BCUT2D eigenvalue weighted by Crippen LogP contribution is 2.35. The van der Waals surface area contributed by atoms with Crippen LogP contribution in [-0.2, 0) is 49.4 Å². The van der Waals surface area contributed by atoms with Crippen LogP contribution in [0.25, 0.3) is 22.0 Å². The van der Waals surface area contributed by atoms with Crippen molar-refractivity contribution >= 4 is 41.3 Å². The molecular weight excluding hydrogens is 846 g/mol. The molecule has 1 amide bonds. The van der Waals surface area contributed by atoms with Crippen LogP contribution in [0.2, 0.25) is 0 Å². The maximum atomic E-state index is 14.9. The standard InChI is InChI=1S/C39H54F2N8O10S.ClH/c1-2-58-30-5-3-29(4-6-30)49-25-32(37(47-49)36-31(40)7-8-34(41)46-36)44-38(51)33-26-60-39(45-33)28-23-43-48(24-28)27-59-35(50)9-11-52-13-15-54-17-19-56-21-22-57-20-18-55-16-14-53-12-10-42;/h7-8,23-26,29-30H,2-6,9-22,27,42H2,1H3,(H,44,51);1H. The molecule has 5 rings (SSSR count). The number of ether oxygens (including phenoxy) is 8. The van der Waals surface area contributed by atoms with E-state index in [-0.39, 0.29) is 67.1 Å². The highest BCUT2D eigenvalue weighted by Gasteiger charge is 2.27. The number of thiazole rings is 1. The number of anilines is 1. The molecule has 0 bridgehead atoms. The number of hydrogen-bond acceptors (Lipinski definition) is 16. The second kappa shape index (κ2) is 27.8. The van der Waals surface area contributed by atoms with E-state index in [4.69, 9.17) is 43.6 Å². The molecule has 0 spiro atoms. The minimum absolute atomic E-state index is 0. The third kappa shape index (κ3) is 17.0. The van der Waals surface area contributed by atoms with Gasteiger partial charge in [0.25, 0.3) is 5.91 Å². The fraction of sp³-hybridized carbons (Fsp3) is 0.590. The van der Waals surface area contributed by atoms with Crippen molar-refractivity contribution in [3.63, 3.8) is 0 Å². The van der Waals surface area contributed by atoms with Crippen LogP contribution in [-0.4, -0.2) is 140 Å². The Morgan fingerprint density at radius 2 is 1.46 bits per heavy atom. The van der Waals surface area contributed by atoms with Crippen molar-refractivity contribution < 1.29 is 56.3 Å². The highest BCUT2D eigenvalue weighted by atomic mass is 35.5. The molecule has 18 nitrogen and oxygen atoms in total. The van der Waals surface area contributed by atoms with Gasteiger partial charge in [-0.1, -0.05) is 0 Å². The lowest BCUT2D eigenvalue weighted by Crippen LogP contribution is -2.24. The van der Waals surface area contributed by atoms with Crippen LogP contribution in [0.3, 0.4) is 0 Å². The van der Waals surface area contributed by atoms with Gasteiger partial charge in [-0.2, -0.15) is 14.6 Å². The monoisotopic (exact) mass is 900 g/mol. The predicted molar refractivity (Wildman–Crippen MR) is 222 cm³/mol. The number of amides is 1. The van der Waals surface area contributed by atoms with Crippen molar-refractivity contribution in [2.45, 2.75) is 57.9 Å². The third-order valence-corrected chi connectivity index (χ3v) is 9.88. The van der Waals surface area contributed by atoms with E-state index in [1.807, 2.05) is 6.92 Å². The molecule has 1 aliphatic carbocycles. The molecule has 0 atom stereocenters. The quantitative estimate of drug-likeness (QED) is 0.0431. The lowest BCUT2D eigenvalue weighted by molar-refractivity contribution is -0.149. The van der Waals surface area contributed by atoms with Gasteiger partial charge in [-0.3, -0.25) is 14.3 Å². The SMILES string of the molecule is CCOC1CCC(n2cc(NC(=O)c3csc(-c4cnn(COC(=O)CCOCCOCCOCCOCCOCCOCCN)c4)n3)c(-c3nc(F)ccc3F)n2)CC1.Cl. The van der Waals surface area contributed by atoms with E-state index in [1.165, 1.54) is 22.2 Å². The molecule has 61 heavy (non-hydrogen) atoms. The van der Waals surface area contributed by atoms with Crippen LogP contribution in [0.5, 0.6) is 0 Å². The van der Waals surface area contributed by atoms with Crippen molar-refractivity contribution in [3.05, 3.63) is 53.6 Å². The van der Waals surface area contributed by atoms with Gasteiger partial charge >= 0.3 is 5.97 Å². The molecular formula is C39H55ClF2N8O10S. The van der Waals surface area contributed by atoms with Crippen LogP contribution in [0.4, 0.5) is 14.5 Å². The van der Waals surface area contributed by atoms with Crippen molar-refractivity contribution in [2.24, 2.45) is 5.73 Å². The maximum Gasteiger partial charge on any atom is 0.309 e. The Hall–Kier alpha value is -4.03. The molecule has 338 valence electrons. The van der Waals surface area contributed by atoms with E-state index in [1.54, 1.807) is 22.5 Å². The number of hydrogen-bond donors (Lipinski definition) is 2. The van der Waals surface area contributed by atoms with Crippen LogP contribution >= 0.6 is 23.7 Å². The van der Waals surface area contributed by atoms with Gasteiger partial charge in [-0.15, -0.1) is 23.7 Å². The Kier molecular flexibility index (Phi) is 22.6. The third-order valence-electron chi connectivity index (χ3n) is 8.98. The number of pyridine rings is 1. The van der Waals surface area contributed by atoms with Crippen LogP contribution in [0.1, 0.15) is 55.6 Å². The Bertz CT molecular complexity index is 1880. The molecule has 0 saturated heterocycles. The molecule has 1 fully saturated rings. The largest absolute Gasteiger partial charge is 0.442 e. The lowest BCUT2D eigenvalue weighted by atomic mass is 9.93. The van der Waals surface area contributed by atoms with E-state index in [2.05, 4.69) is 25.5 Å². The summed E-state index contributed by atoms with van der Waals surface area (Å²) in [6.07, 6.45) is 8.21. The van der Waals surface area contributed by atoms with Crippen molar-refractivity contribution in [2.75, 3.05) is 97.8 Å². The molecule has 1 aliphatic rings. The molecule has 0 unspecified atom stereocenters. The lowest BCUT2D eigenvalue weighted by Gasteiger charge is -2.28. The topological polar surface area (TPSA) is 207 Å². The number of nitrogens with one attached hydrogen (secondary N) is 1. The fourth-order valence-electron chi connectivity index (χ4n) is 6.03. The van der Waals surface area contributed by atoms with Gasteiger partial charge in [0.05, 0.1) is 110 Å². The molecule has 0 radical (unpaired) electrons. The average Bonchev–Trinajstić information content (AvgIpc) is 4.03. The van der Waals surface area contributed by atoms with E-state index >= 15 is 0 Å². The summed E-state index contributed by atoms with van der Waals surface area (Å²) >= 11 is 1.21. The van der Waals surface area contributed by atoms with Crippen LogP contribution < -0.4 is 11.1 Å². The first-order valence-corrected chi connectivity index (χ1v) is 20.9. The van der Waals surface area contributed by atoms with Gasteiger partial charge in [0.15, 0.2) is 12.5 Å². The summed E-state index contributed by atoms with van der Waals surface area (Å²) in [5.74, 6) is -2.69. The summed E-state index contributed by atoms with van der Waals surface area (Å²) in [4.78, 5) is 33.9. The predicted octanol–water partition coefficient (Wildman–Crippen LogP) is 4.69. The number of nitrogens with two attached hydrogens (primary N) is 1. The first-order chi connectivity index (χ1) is 29.3. The van der Waals surface area contributed by atoms with Crippen LogP contribution in [0, 0.1) is 11.8 Å². The van der Waals surface area contributed by atoms with Gasteiger partial charge in [-0.25, -0.2) is 19.0 Å². The van der Waals surface area contributed by atoms with E-state index in [0.717, 1.165) is 37.8 Å². The number of esters is 1. The van der Waals surface area contributed by atoms with Crippen LogP contribution in [0.15, 0.2) is 36.1 Å². The van der Waals surface area contributed by atoms with Gasteiger partial charge in [0.1, 0.15) is 22.1 Å². The number of halogens is 3. The summed E-state index contributed by atoms with van der Waals surface area (Å²) in [5.41, 5.74) is 5.90. The number of carbonyl (C=O) groups is 2. The smallest absolute Gasteiger partial charge is 0.309 e. The average molecular weight is 901 g/mol. The zero-order valence-corrected chi connectivity index (χ0v) is 35.8. The zero-order chi connectivity index (χ0) is 42.4. The van der Waals surface area contributed by atoms with Gasteiger partial charge in [0.2, 0.25) is 5.95 Å². The normalized spacial score (nSPS) is 15.1. The van der Waals surface area contributed by atoms with Crippen molar-refractivity contribution in [1.29, 1.82) is 0 Å². The number of nitrogens with zero attached hydrogens (tertiary/aromatic N) is 6. The molecule has 0 aromatic carbocycles. The van der Waals surface area contributed by atoms with Gasteiger partial charge in [0, 0.05) is 36.5 Å². The summed E-state index contributed by atoms with van der Waals surface area (Å²) in [7, 11) is 0. The minimum atomic E-state index is -0.876. The fourth-order valence-corrected chi connectivity index (χ4v) is 6.81. The number of aromatic nitrogens is 6. The summed E-state index contributed by atoms with van der Waals surface area (Å²) in [6, 6.07) is 1.87. The Morgan fingerprint density at radius 3 is 2.08 bits per heavy atom. The highest BCUT2D eigenvalue weighted by molar-refractivity contribution is 7.13. The summed E-state index contributed by atoms with van der Waals surface area (Å²) < 4.78 is 75.6. The minimum Gasteiger partial charge on any atom is -0.442 e. The molecule has 4 aromatic heterocycles. The molecule has 3 N–H and O–H groups in total. The first kappa shape index (κ1) is 49.6. The first-order valence-electron chi connectivity index (χ1n) is 20.0. The maximum absolute atomic E-state index is 14.9. The van der Waals surface area contributed by atoms with Crippen molar-refractivity contribution in [3.8, 4) is 22.0 Å². The second-order valence-corrected chi connectivity index (χ2v) is 14.2. The van der Waals surface area contributed by atoms with E-state index < -0.39 is 23.6 Å². The Labute approximate surface area is 363 Å². The Balaban J connectivity index is 0.00000819. The zero-order valence-electron chi connectivity index (χ0n) is 34.2. The molecule has 1 saturated carbocycles. The van der Waals surface area contributed by atoms with E-state index in [9.17, 15) is 18.4 Å². The number of carbonyl (C=O) groups excluding carboxylic acids is 2. The Morgan fingerprint density at radius 1 is 0.836 bits per heavy atom. The summed E-state index contributed by atoms with van der Waals surface area (Å²) in [6.45, 7) is 8.04. The second-order valence-electron chi connectivity index (χ2n) is 13.3. The van der Waals surface area contributed by atoms with Gasteiger partial charge < -0.3 is 48.9 Å². The molecule has 4 aromatic rings. The molecule has 0 aliphatic heterocycles. The molecule has 22 heteroatoms.